The normalized spacial score (nSPS) is 15.6. The number of oxime groups is 1. The summed E-state index contributed by atoms with van der Waals surface area (Å²) in [4.78, 5) is 8.39. The van der Waals surface area contributed by atoms with Crippen LogP contribution in [0.5, 0.6) is 0 Å². The van der Waals surface area contributed by atoms with Crippen molar-refractivity contribution in [2.24, 2.45) is 5.16 Å². The molecule has 2 aromatic carbocycles. The first-order valence-electron chi connectivity index (χ1n) is 12.6. The molecule has 39 heavy (non-hydrogen) atoms. The highest BCUT2D eigenvalue weighted by Gasteiger charge is 2.33. The monoisotopic (exact) mass is 571 g/mol. The second-order valence-electron chi connectivity index (χ2n) is 9.67. The number of nitrogens with zero attached hydrogens (tertiary/aromatic N) is 3. The highest BCUT2D eigenvalue weighted by atomic mass is 32.2. The second kappa shape index (κ2) is 10.1. The molecule has 2 aliphatic rings. The van der Waals surface area contributed by atoms with Crippen LogP contribution in [0.2, 0.25) is 0 Å². The molecule has 0 amide bonds. The number of aromatic amines is 1. The van der Waals surface area contributed by atoms with Crippen LogP contribution in [0, 0.1) is 10.7 Å². The molecule has 204 valence electrons. The topological polar surface area (TPSA) is 126 Å². The maximum Gasteiger partial charge on any atom is 0.294 e. The zero-order valence-electron chi connectivity index (χ0n) is 21.1. The van der Waals surface area contributed by atoms with Crippen molar-refractivity contribution in [2.75, 3.05) is 30.3 Å². The van der Waals surface area contributed by atoms with Gasteiger partial charge in [0.1, 0.15) is 29.6 Å². The van der Waals surface area contributed by atoms with Gasteiger partial charge in [-0.1, -0.05) is 10.3 Å². The lowest BCUT2D eigenvalue weighted by Crippen LogP contribution is -2.32. The van der Waals surface area contributed by atoms with Gasteiger partial charge in [-0.05, 0) is 73.3 Å². The number of aryl methyl sites for hydroxylation is 1. The van der Waals surface area contributed by atoms with E-state index in [-0.39, 0.29) is 23.1 Å². The molecule has 6 rings (SSSR count). The number of benzene rings is 2. The molecule has 3 heterocycles. The van der Waals surface area contributed by atoms with Crippen LogP contribution in [0.25, 0.3) is 22.3 Å². The lowest BCUT2D eigenvalue weighted by Gasteiger charge is -2.25. The van der Waals surface area contributed by atoms with Crippen molar-refractivity contribution in [3.05, 3.63) is 64.0 Å². The first-order chi connectivity index (χ1) is 18.8. The van der Waals surface area contributed by atoms with E-state index in [1.54, 1.807) is 18.2 Å². The van der Waals surface area contributed by atoms with Gasteiger partial charge < -0.3 is 19.1 Å². The number of rotatable bonds is 9. The minimum absolute atomic E-state index is 0.180. The summed E-state index contributed by atoms with van der Waals surface area (Å²) in [6, 6.07) is 9.80. The van der Waals surface area contributed by atoms with E-state index in [4.69, 9.17) is 26.0 Å². The maximum absolute atomic E-state index is 13.7. The Bertz CT molecular complexity index is 1720. The third-order valence-electron chi connectivity index (χ3n) is 6.77. The number of hydrogen-bond donors (Lipinski definition) is 2. The van der Waals surface area contributed by atoms with Crippen molar-refractivity contribution in [3.8, 4) is 11.3 Å². The van der Waals surface area contributed by atoms with Gasteiger partial charge in [0.25, 0.3) is 4.84 Å². The molecule has 0 atom stereocenters. The number of nitrogens with one attached hydrogen (secondary N) is 2. The molecule has 0 saturated heterocycles. The largest absolute Gasteiger partial charge is 0.455 e. The third-order valence-corrected chi connectivity index (χ3v) is 8.12. The van der Waals surface area contributed by atoms with E-state index in [1.165, 1.54) is 22.7 Å². The number of anilines is 1. The molecule has 0 radical (unpaired) electrons. The van der Waals surface area contributed by atoms with Gasteiger partial charge in [-0.25, -0.2) is 12.8 Å². The summed E-state index contributed by atoms with van der Waals surface area (Å²) in [5, 5.41) is 12.1. The van der Waals surface area contributed by atoms with Gasteiger partial charge in [0, 0.05) is 30.0 Å². The zero-order valence-corrected chi connectivity index (χ0v) is 22.7. The molecule has 0 spiro atoms. The van der Waals surface area contributed by atoms with Gasteiger partial charge >= 0.3 is 0 Å². The highest BCUT2D eigenvalue weighted by molar-refractivity contribution is 7.92. The van der Waals surface area contributed by atoms with E-state index in [0.29, 0.717) is 65.8 Å². The molecule has 1 aliphatic carbocycles. The molecule has 0 bridgehead atoms. The predicted molar refractivity (Wildman–Crippen MR) is 146 cm³/mol. The van der Waals surface area contributed by atoms with Gasteiger partial charge in [0.05, 0.1) is 24.1 Å². The van der Waals surface area contributed by atoms with Crippen LogP contribution < -0.4 is 9.62 Å². The average Bonchev–Trinajstić information content (AvgIpc) is 3.57. The Morgan fingerprint density at radius 1 is 1.21 bits per heavy atom. The Kier molecular flexibility index (Phi) is 6.63. The van der Waals surface area contributed by atoms with Crippen LogP contribution in [0.1, 0.15) is 42.1 Å². The number of hydrogen-bond acceptors (Lipinski definition) is 9. The van der Waals surface area contributed by atoms with E-state index in [1.807, 2.05) is 6.07 Å². The highest BCUT2D eigenvalue weighted by Crippen LogP contribution is 2.48. The van der Waals surface area contributed by atoms with E-state index < -0.39 is 10.0 Å². The smallest absolute Gasteiger partial charge is 0.294 e. The standard InChI is InChI=1S/C26H26FN5O5S2/c1-39(33,34)32(11-2-3-22-29-26(38)37-30-22)20-14-21-19(13-18(20)15-4-5-15)23(25-28-10-12-35-31-25)24(36-21)16-6-8-17(27)9-7-16/h6-9,13-15H,2-5,10-12H2,1H3,(H,28,31)(H,29,30,38). The van der Waals surface area contributed by atoms with Crippen LogP contribution in [-0.4, -0.2) is 50.3 Å². The molecule has 1 fully saturated rings. The van der Waals surface area contributed by atoms with Crippen molar-refractivity contribution in [2.45, 2.75) is 31.6 Å². The van der Waals surface area contributed by atoms with Crippen LogP contribution in [0.3, 0.4) is 0 Å². The van der Waals surface area contributed by atoms with Gasteiger partial charge in [-0.2, -0.15) is 0 Å². The number of halogens is 1. The molecular weight excluding hydrogens is 545 g/mol. The average molecular weight is 572 g/mol. The number of fused-ring (bicyclic) bond motifs is 1. The predicted octanol–water partition coefficient (Wildman–Crippen LogP) is 4.84. The SMILES string of the molecule is CS(=O)(=O)N(CCCc1noc(=S)[nH]1)c1cc2oc(-c3ccc(F)cc3)c(C3=NOCCN3)c2cc1C1CC1. The Labute approximate surface area is 228 Å². The Morgan fingerprint density at radius 3 is 2.64 bits per heavy atom. The quantitative estimate of drug-likeness (QED) is 0.273. The molecule has 13 heteroatoms. The molecule has 1 saturated carbocycles. The molecule has 4 aromatic rings. The number of H-pyrrole nitrogens is 1. The van der Waals surface area contributed by atoms with Gasteiger partial charge in [0.15, 0.2) is 5.84 Å². The Morgan fingerprint density at radius 2 is 2.00 bits per heavy atom. The van der Waals surface area contributed by atoms with Gasteiger partial charge in [0.2, 0.25) is 10.0 Å². The molecule has 1 aliphatic heterocycles. The maximum atomic E-state index is 13.7. The van der Waals surface area contributed by atoms with Crippen molar-refractivity contribution in [1.82, 2.24) is 15.5 Å². The van der Waals surface area contributed by atoms with E-state index >= 15 is 0 Å². The summed E-state index contributed by atoms with van der Waals surface area (Å²) in [7, 11) is -3.63. The lowest BCUT2D eigenvalue weighted by molar-refractivity contribution is 0.136. The Hall–Kier alpha value is -3.71. The molecule has 0 unspecified atom stereocenters. The fraction of sp³-hybridized carbons (Fsp3) is 0.346. The summed E-state index contributed by atoms with van der Waals surface area (Å²) in [6.07, 6.45) is 4.10. The first kappa shape index (κ1) is 25.6. The van der Waals surface area contributed by atoms with Gasteiger partial charge in [-0.3, -0.25) is 9.29 Å². The van der Waals surface area contributed by atoms with Crippen molar-refractivity contribution in [3.63, 3.8) is 0 Å². The minimum Gasteiger partial charge on any atom is -0.455 e. The lowest BCUT2D eigenvalue weighted by atomic mass is 10.00. The van der Waals surface area contributed by atoms with Crippen LogP contribution in [-0.2, 0) is 21.3 Å². The zero-order chi connectivity index (χ0) is 27.1. The summed E-state index contributed by atoms with van der Waals surface area (Å²) in [6.45, 7) is 1.24. The van der Waals surface area contributed by atoms with Crippen molar-refractivity contribution in [1.29, 1.82) is 0 Å². The van der Waals surface area contributed by atoms with Crippen molar-refractivity contribution >= 4 is 44.7 Å². The molecule has 10 nitrogen and oxygen atoms in total. The first-order valence-corrected chi connectivity index (χ1v) is 14.9. The molecule has 2 N–H and O–H groups in total. The van der Waals surface area contributed by atoms with Crippen molar-refractivity contribution < 1.29 is 26.6 Å². The number of aromatic nitrogens is 2. The fourth-order valence-corrected chi connectivity index (χ4v) is 5.97. The van der Waals surface area contributed by atoms with Crippen LogP contribution >= 0.6 is 12.2 Å². The summed E-state index contributed by atoms with van der Waals surface area (Å²) in [5.41, 5.74) is 3.36. The fourth-order valence-electron chi connectivity index (χ4n) is 4.84. The van der Waals surface area contributed by atoms with Gasteiger partial charge in [-0.15, -0.1) is 0 Å². The van der Waals surface area contributed by atoms with Crippen LogP contribution in [0.4, 0.5) is 10.1 Å². The van der Waals surface area contributed by atoms with E-state index in [9.17, 15) is 12.8 Å². The minimum atomic E-state index is -3.63. The molecule has 2 aromatic heterocycles. The number of amidine groups is 1. The number of sulfonamides is 1. The van der Waals surface area contributed by atoms with Crippen LogP contribution in [0.15, 0.2) is 50.5 Å². The second-order valence-corrected chi connectivity index (χ2v) is 12.0. The molecular formula is C26H26FN5O5S2. The summed E-state index contributed by atoms with van der Waals surface area (Å²) >= 11 is 4.93. The Balaban J connectivity index is 1.47. The van der Waals surface area contributed by atoms with E-state index in [2.05, 4.69) is 20.6 Å². The van der Waals surface area contributed by atoms with E-state index in [0.717, 1.165) is 23.8 Å². The number of furan rings is 1. The summed E-state index contributed by atoms with van der Waals surface area (Å²) in [5.74, 6) is 1.44. The third kappa shape index (κ3) is 5.28. The summed E-state index contributed by atoms with van der Waals surface area (Å²) < 4.78 is 52.5.